The summed E-state index contributed by atoms with van der Waals surface area (Å²) < 4.78 is 37.3. The number of nitrogens with zero attached hydrogens (tertiary/aromatic N) is 1. The van der Waals surface area contributed by atoms with Gasteiger partial charge < -0.3 is 48.7 Å². The molecule has 3 aromatic rings. The molecule has 348 valence electrons. The fourth-order valence-electron chi connectivity index (χ4n) is 8.69. The lowest BCUT2D eigenvalue weighted by molar-refractivity contribution is -0.160. The van der Waals surface area contributed by atoms with Gasteiger partial charge in [0, 0.05) is 65.6 Å². The second kappa shape index (κ2) is 19.0. The first-order valence-corrected chi connectivity index (χ1v) is 22.3. The highest BCUT2D eigenvalue weighted by Gasteiger charge is 2.50. The maximum atomic E-state index is 14.9. The summed E-state index contributed by atoms with van der Waals surface area (Å²) in [4.78, 5) is 61.1. The number of esters is 1. The van der Waals surface area contributed by atoms with Crippen LogP contribution in [0.1, 0.15) is 70.0 Å². The quantitative estimate of drug-likeness (QED) is 0.0742. The molecule has 3 aromatic carbocycles. The molecule has 0 spiro atoms. The molecule has 66 heavy (non-hydrogen) atoms. The third-order valence-corrected chi connectivity index (χ3v) is 13.1. The van der Waals surface area contributed by atoms with Crippen molar-refractivity contribution < 1.29 is 57.8 Å². The predicted molar refractivity (Wildman–Crippen MR) is 249 cm³/mol. The Morgan fingerprint density at radius 1 is 0.970 bits per heavy atom. The summed E-state index contributed by atoms with van der Waals surface area (Å²) in [6.45, 7) is 12.7. The molecular weight excluding hydrogens is 916 g/mol. The standard InChI is InChI=1S/C50H53BrN2O13/c1-23-14-13-15-24(2)49(60)53-40-44(58)36-35(39-47(40)65-34-21-31(51)20-33(38(34)52-39)62-22-30-16-11-10-12-17-30)37-46(28(6)43(36)57)66-50(8,48(37)59)63-19-18-32(61-9)25(3)45(64-29(7)54)27(5)42(56)26(4)41(23)55/h10-21,23,25-27,32,41-42,45,55-57H,22H2,1-9H3,(H,53,60)/b14-13+,19-18+,24-15-/t23-,25+,26+,27+,32-,41-,42+,45+,50-/m0/s1. The highest BCUT2D eigenvalue weighted by atomic mass is 79.9. The molecule has 7 rings (SSSR count). The summed E-state index contributed by atoms with van der Waals surface area (Å²) >= 11 is 3.52. The molecule has 0 radical (unpaired) electrons. The van der Waals surface area contributed by atoms with Crippen molar-refractivity contribution in [3.8, 4) is 28.7 Å². The number of amides is 1. The van der Waals surface area contributed by atoms with Gasteiger partial charge in [-0.15, -0.1) is 0 Å². The van der Waals surface area contributed by atoms with Crippen molar-refractivity contribution >= 4 is 61.1 Å². The second-order valence-corrected chi connectivity index (χ2v) is 18.2. The van der Waals surface area contributed by atoms with Gasteiger partial charge in [-0.3, -0.25) is 19.2 Å². The van der Waals surface area contributed by atoms with Gasteiger partial charge in [0.1, 0.15) is 46.9 Å². The third kappa shape index (κ3) is 8.94. The van der Waals surface area contributed by atoms with Gasteiger partial charge in [-0.1, -0.05) is 92.2 Å². The number of nitrogens with one attached hydrogen (secondary N) is 1. The predicted octanol–water partition coefficient (Wildman–Crippen LogP) is 8.29. The SMILES string of the molecule is CO[C@H]1/C=C/O[C@@]2(C)Oc3c(C)c(O)c4c(=O)c(c5oc6cc(Br)cc(OCc7ccccc7)c6nc-5c4c3C2=O)NC(=O)/C(C)=C\C=C\[C@H](C)[C@H](O)[C@@H](C)[C@@H](O)[C@@H](C)[C@H](OC(C)=O)[C@@H]1C. The van der Waals surface area contributed by atoms with Crippen LogP contribution in [-0.2, 0) is 30.4 Å². The number of aliphatic hydroxyl groups excluding tert-OH is 2. The molecular formula is C50H53BrN2O13. The number of aliphatic hydroxyl groups is 2. The van der Waals surface area contributed by atoms with Crippen molar-refractivity contribution in [2.24, 2.45) is 23.7 Å². The first kappa shape index (κ1) is 47.9. The van der Waals surface area contributed by atoms with E-state index in [-0.39, 0.29) is 73.8 Å². The van der Waals surface area contributed by atoms with Crippen LogP contribution in [0.5, 0.6) is 17.2 Å². The number of anilines is 1. The van der Waals surface area contributed by atoms with E-state index >= 15 is 0 Å². The minimum absolute atomic E-state index is 0.0434. The largest absolute Gasteiger partial charge is 0.507 e. The van der Waals surface area contributed by atoms with Crippen molar-refractivity contribution in [1.29, 1.82) is 0 Å². The molecule has 15 nitrogen and oxygen atoms in total. The smallest absolute Gasteiger partial charge is 0.312 e. The van der Waals surface area contributed by atoms with Crippen LogP contribution >= 0.6 is 15.9 Å². The van der Waals surface area contributed by atoms with Crippen molar-refractivity contribution in [2.45, 2.75) is 92.2 Å². The van der Waals surface area contributed by atoms with Crippen molar-refractivity contribution in [3.63, 3.8) is 0 Å². The number of aromatic hydroxyl groups is 1. The lowest BCUT2D eigenvalue weighted by atomic mass is 9.78. The zero-order valence-corrected chi connectivity index (χ0v) is 39.6. The van der Waals surface area contributed by atoms with Gasteiger partial charge in [-0.2, -0.15) is 0 Å². The van der Waals surface area contributed by atoms with E-state index in [1.165, 1.54) is 53.2 Å². The first-order chi connectivity index (χ1) is 31.3. The number of hydrogen-bond donors (Lipinski definition) is 4. The van der Waals surface area contributed by atoms with E-state index in [0.29, 0.717) is 4.47 Å². The van der Waals surface area contributed by atoms with Gasteiger partial charge in [0.2, 0.25) is 5.43 Å². The molecule has 0 unspecified atom stereocenters. The molecule has 1 amide bonds. The molecule has 1 aliphatic carbocycles. The highest BCUT2D eigenvalue weighted by molar-refractivity contribution is 9.10. The van der Waals surface area contributed by atoms with E-state index in [1.807, 2.05) is 30.3 Å². The number of fused-ring (bicyclic) bond motifs is 2. The molecule has 4 aliphatic rings. The number of benzene rings is 4. The third-order valence-electron chi connectivity index (χ3n) is 12.6. The van der Waals surface area contributed by atoms with Crippen molar-refractivity contribution in [2.75, 3.05) is 12.4 Å². The average Bonchev–Trinajstić information content (AvgIpc) is 3.55. The van der Waals surface area contributed by atoms with Crippen LogP contribution in [0.3, 0.4) is 0 Å². The number of aromatic nitrogens is 1. The summed E-state index contributed by atoms with van der Waals surface area (Å²) in [6, 6.07) is 12.8. The Morgan fingerprint density at radius 2 is 1.68 bits per heavy atom. The normalized spacial score (nSPS) is 28.1. The van der Waals surface area contributed by atoms with E-state index in [0.717, 1.165) is 5.56 Å². The van der Waals surface area contributed by atoms with Crippen LogP contribution in [0.15, 0.2) is 92.3 Å². The molecule has 16 heteroatoms. The number of halogens is 1. The molecule has 0 fully saturated rings. The van der Waals surface area contributed by atoms with Gasteiger partial charge in [0.25, 0.3) is 11.7 Å². The number of phenolic OH excluding ortho intramolecular Hbond substituents is 1. The van der Waals surface area contributed by atoms with E-state index in [2.05, 4.69) is 21.2 Å². The van der Waals surface area contributed by atoms with Gasteiger partial charge in [-0.25, -0.2) is 4.98 Å². The Labute approximate surface area is 389 Å². The van der Waals surface area contributed by atoms with Crippen molar-refractivity contribution in [3.05, 3.63) is 110 Å². The van der Waals surface area contributed by atoms with Gasteiger partial charge in [-0.05, 0) is 37.6 Å². The van der Waals surface area contributed by atoms with E-state index in [4.69, 9.17) is 33.1 Å². The number of ether oxygens (including phenoxy) is 5. The van der Waals surface area contributed by atoms with Gasteiger partial charge in [0.05, 0.1) is 35.5 Å². The second-order valence-electron chi connectivity index (χ2n) is 17.3. The Morgan fingerprint density at radius 3 is 2.36 bits per heavy atom. The number of methoxy groups -OCH3 is 1. The Kier molecular flexibility index (Phi) is 13.8. The summed E-state index contributed by atoms with van der Waals surface area (Å²) in [5.74, 6) is -7.16. The summed E-state index contributed by atoms with van der Waals surface area (Å²) in [6.07, 6.45) is 3.53. The number of rotatable bonds is 5. The number of carbonyl (C=O) groups excluding carboxylic acids is 3. The van der Waals surface area contributed by atoms with E-state index < -0.39 is 82.7 Å². The number of phenols is 1. The van der Waals surface area contributed by atoms with E-state index in [1.54, 1.807) is 52.0 Å². The molecule has 3 heterocycles. The number of carbonyl (C=O) groups is 3. The molecule has 3 aliphatic heterocycles. The van der Waals surface area contributed by atoms with Crippen LogP contribution in [-0.4, -0.2) is 75.3 Å². The summed E-state index contributed by atoms with van der Waals surface area (Å²) in [7, 11) is 1.44. The average molecular weight is 970 g/mol. The monoisotopic (exact) mass is 968 g/mol. The molecule has 0 saturated carbocycles. The molecule has 9 atom stereocenters. The minimum atomic E-state index is -2.07. The van der Waals surface area contributed by atoms with Crippen LogP contribution in [0.4, 0.5) is 5.69 Å². The molecule has 4 N–H and O–H groups in total. The van der Waals surface area contributed by atoms with Gasteiger partial charge in [0.15, 0.2) is 11.3 Å². The first-order valence-electron chi connectivity index (χ1n) is 21.5. The fraction of sp³-hybridized carbons (Fsp3) is 0.380. The fourth-order valence-corrected chi connectivity index (χ4v) is 9.11. The van der Waals surface area contributed by atoms with Crippen LogP contribution in [0.25, 0.3) is 33.3 Å². The van der Waals surface area contributed by atoms with Crippen LogP contribution in [0.2, 0.25) is 0 Å². The minimum Gasteiger partial charge on any atom is -0.507 e. The maximum absolute atomic E-state index is 14.9. The Bertz CT molecular complexity index is 2840. The summed E-state index contributed by atoms with van der Waals surface area (Å²) in [5.41, 5.74) is -0.00164. The lowest BCUT2D eigenvalue weighted by Crippen LogP contribution is -2.46. The molecule has 0 aromatic heterocycles. The Balaban J connectivity index is 1.46. The number of ketones is 1. The van der Waals surface area contributed by atoms with Crippen LogP contribution in [0, 0.1) is 30.6 Å². The topological polar surface area (TPSA) is 213 Å². The number of allylic oxidation sites excluding steroid dienone is 2. The number of Topliss-reactive ketones (excluding diaryl/α,β-unsaturated/α-hetero) is 1. The van der Waals surface area contributed by atoms with E-state index in [9.17, 15) is 34.5 Å². The lowest BCUT2D eigenvalue weighted by Gasteiger charge is -2.38. The Hall–Kier alpha value is -6.07. The van der Waals surface area contributed by atoms with Crippen LogP contribution < -0.4 is 20.2 Å². The van der Waals surface area contributed by atoms with Gasteiger partial charge >= 0.3 is 11.8 Å². The molecule has 0 saturated heterocycles. The highest BCUT2D eigenvalue weighted by Crippen LogP contribution is 2.51. The van der Waals surface area contributed by atoms with Crippen molar-refractivity contribution in [1.82, 2.24) is 4.98 Å². The maximum Gasteiger partial charge on any atom is 0.312 e. The molecule has 4 bridgehead atoms. The number of hydrogen-bond acceptors (Lipinski definition) is 14. The zero-order chi connectivity index (χ0) is 47.9. The zero-order valence-electron chi connectivity index (χ0n) is 38.0. The summed E-state index contributed by atoms with van der Waals surface area (Å²) in [5, 5.41) is 37.2.